The summed E-state index contributed by atoms with van der Waals surface area (Å²) in [5.41, 5.74) is 12.6. The van der Waals surface area contributed by atoms with Crippen molar-refractivity contribution in [2.45, 2.75) is 19.3 Å². The van der Waals surface area contributed by atoms with Gasteiger partial charge in [0.15, 0.2) is 5.58 Å². The molecule has 0 radical (unpaired) electrons. The Balaban J connectivity index is 1.27. The van der Waals surface area contributed by atoms with Gasteiger partial charge in [-0.2, -0.15) is 0 Å². The lowest BCUT2D eigenvalue weighted by Crippen LogP contribution is -2.16. The third-order valence-electron chi connectivity index (χ3n) is 9.64. The summed E-state index contributed by atoms with van der Waals surface area (Å²) in [5.74, 6) is 0. The number of fused-ring (bicyclic) bond motifs is 7. The first-order chi connectivity index (χ1) is 22.1. The van der Waals surface area contributed by atoms with Crippen LogP contribution in [0, 0.1) is 0 Å². The van der Waals surface area contributed by atoms with Gasteiger partial charge in [-0.15, -0.1) is 0 Å². The molecule has 0 saturated carbocycles. The van der Waals surface area contributed by atoms with Crippen LogP contribution < -0.4 is 4.90 Å². The van der Waals surface area contributed by atoms with Crippen molar-refractivity contribution in [3.05, 3.63) is 163 Å². The molecule has 0 bridgehead atoms. The van der Waals surface area contributed by atoms with Gasteiger partial charge < -0.3 is 9.32 Å². The van der Waals surface area contributed by atoms with Gasteiger partial charge in [0.05, 0.1) is 5.69 Å². The molecule has 0 saturated heterocycles. The molecule has 9 rings (SSSR count). The Kier molecular flexibility index (Phi) is 5.58. The molecule has 2 nitrogen and oxygen atoms in total. The molecule has 1 aliphatic rings. The second-order valence-corrected chi connectivity index (χ2v) is 12.6. The van der Waals surface area contributed by atoms with E-state index < -0.39 is 0 Å². The number of nitrogens with zero attached hydrogens (tertiary/aromatic N) is 1. The van der Waals surface area contributed by atoms with E-state index in [4.69, 9.17) is 4.42 Å². The number of para-hydroxylation sites is 2. The smallest absolute Gasteiger partial charge is 0.159 e. The van der Waals surface area contributed by atoms with E-state index in [-0.39, 0.29) is 5.41 Å². The van der Waals surface area contributed by atoms with E-state index in [1.807, 2.05) is 6.07 Å². The summed E-state index contributed by atoms with van der Waals surface area (Å²) in [4.78, 5) is 2.37. The van der Waals surface area contributed by atoms with Gasteiger partial charge in [0.25, 0.3) is 0 Å². The molecule has 0 spiro atoms. The average Bonchev–Trinajstić information content (AvgIpc) is 3.58. The Hall–Kier alpha value is -5.60. The van der Waals surface area contributed by atoms with Gasteiger partial charge in [-0.25, -0.2) is 0 Å². The van der Waals surface area contributed by atoms with Crippen LogP contribution in [-0.2, 0) is 5.41 Å². The van der Waals surface area contributed by atoms with Gasteiger partial charge in [-0.1, -0.05) is 123 Å². The quantitative estimate of drug-likeness (QED) is 0.207. The monoisotopic (exact) mass is 577 g/mol. The topological polar surface area (TPSA) is 16.4 Å². The number of hydrogen-bond acceptors (Lipinski definition) is 2. The van der Waals surface area contributed by atoms with Crippen molar-refractivity contribution >= 4 is 49.8 Å². The van der Waals surface area contributed by atoms with Crippen LogP contribution in [0.2, 0.25) is 0 Å². The summed E-state index contributed by atoms with van der Waals surface area (Å²) in [6.45, 7) is 4.68. The zero-order valence-corrected chi connectivity index (χ0v) is 25.3. The highest BCUT2D eigenvalue weighted by atomic mass is 16.3. The summed E-state index contributed by atoms with van der Waals surface area (Å²) in [5, 5.41) is 4.74. The second kappa shape index (κ2) is 9.70. The standard InChI is InChI=1S/C43H31NO/c1-43(2)38-18-7-5-15-34(38)35-24-23-33(27-39(35)43)44(40-19-10-17-37-36-16-6-8-20-41(36)45-42(37)40)32-14-9-13-30(26-32)31-22-21-28-11-3-4-12-29(28)25-31/h3-27H,1-2H3. The normalized spacial score (nSPS) is 13.3. The predicted octanol–water partition coefficient (Wildman–Crippen LogP) is 12.2. The molecule has 0 N–H and O–H groups in total. The number of furan rings is 1. The van der Waals surface area contributed by atoms with Gasteiger partial charge in [0.2, 0.25) is 0 Å². The molecule has 0 aliphatic heterocycles. The summed E-state index contributed by atoms with van der Waals surface area (Å²) >= 11 is 0. The highest BCUT2D eigenvalue weighted by Crippen LogP contribution is 2.51. The molecule has 1 aromatic heterocycles. The lowest BCUT2D eigenvalue weighted by molar-refractivity contribution is 0.660. The zero-order chi connectivity index (χ0) is 30.1. The minimum atomic E-state index is -0.105. The minimum absolute atomic E-state index is 0.105. The SMILES string of the molecule is CC1(C)c2ccccc2-c2ccc(N(c3cccc(-c4ccc5ccccc5c4)c3)c3cccc4c3oc3ccccc34)cc21. The van der Waals surface area contributed by atoms with E-state index in [1.54, 1.807) is 0 Å². The van der Waals surface area contributed by atoms with Crippen LogP contribution in [0.5, 0.6) is 0 Å². The fourth-order valence-electron chi connectivity index (χ4n) is 7.36. The van der Waals surface area contributed by atoms with E-state index >= 15 is 0 Å². The number of hydrogen-bond donors (Lipinski definition) is 0. The lowest BCUT2D eigenvalue weighted by Gasteiger charge is -2.28. The third-order valence-corrected chi connectivity index (χ3v) is 9.64. The van der Waals surface area contributed by atoms with Crippen LogP contribution in [0.1, 0.15) is 25.0 Å². The first kappa shape index (κ1) is 25.9. The number of anilines is 3. The molecule has 0 fully saturated rings. The Labute approximate surface area is 262 Å². The van der Waals surface area contributed by atoms with Crippen molar-refractivity contribution in [1.29, 1.82) is 0 Å². The Bertz CT molecular complexity index is 2430. The van der Waals surface area contributed by atoms with E-state index in [1.165, 1.54) is 44.2 Å². The van der Waals surface area contributed by atoms with E-state index in [0.717, 1.165) is 39.0 Å². The largest absolute Gasteiger partial charge is 0.454 e. The molecule has 45 heavy (non-hydrogen) atoms. The van der Waals surface area contributed by atoms with Gasteiger partial charge in [-0.3, -0.25) is 0 Å². The van der Waals surface area contributed by atoms with Crippen LogP contribution in [0.15, 0.2) is 156 Å². The fraction of sp³-hybridized carbons (Fsp3) is 0.0698. The van der Waals surface area contributed by atoms with Crippen LogP contribution >= 0.6 is 0 Å². The van der Waals surface area contributed by atoms with Gasteiger partial charge in [-0.05, 0) is 86.6 Å². The van der Waals surface area contributed by atoms with Crippen LogP contribution in [0.25, 0.3) is 55.0 Å². The van der Waals surface area contributed by atoms with Gasteiger partial charge in [0, 0.05) is 27.6 Å². The highest BCUT2D eigenvalue weighted by Gasteiger charge is 2.36. The van der Waals surface area contributed by atoms with E-state index in [9.17, 15) is 0 Å². The van der Waals surface area contributed by atoms with E-state index in [2.05, 4.69) is 164 Å². The summed E-state index contributed by atoms with van der Waals surface area (Å²) in [7, 11) is 0. The van der Waals surface area contributed by atoms with Crippen LogP contribution in [-0.4, -0.2) is 0 Å². The van der Waals surface area contributed by atoms with Crippen molar-refractivity contribution < 1.29 is 4.42 Å². The van der Waals surface area contributed by atoms with Gasteiger partial charge >= 0.3 is 0 Å². The number of rotatable bonds is 4. The Morgan fingerprint density at radius 3 is 2.13 bits per heavy atom. The van der Waals surface area contributed by atoms with Crippen LogP contribution in [0.3, 0.4) is 0 Å². The molecule has 7 aromatic carbocycles. The maximum Gasteiger partial charge on any atom is 0.159 e. The maximum atomic E-state index is 6.61. The van der Waals surface area contributed by atoms with Crippen molar-refractivity contribution in [2.24, 2.45) is 0 Å². The zero-order valence-electron chi connectivity index (χ0n) is 25.3. The highest BCUT2D eigenvalue weighted by molar-refractivity contribution is 6.10. The Morgan fingerprint density at radius 2 is 1.20 bits per heavy atom. The molecule has 0 atom stereocenters. The molecule has 0 unspecified atom stereocenters. The minimum Gasteiger partial charge on any atom is -0.454 e. The summed E-state index contributed by atoms with van der Waals surface area (Å²) < 4.78 is 6.61. The predicted molar refractivity (Wildman–Crippen MR) is 189 cm³/mol. The lowest BCUT2D eigenvalue weighted by atomic mass is 9.82. The molecule has 2 heteroatoms. The molecule has 1 aliphatic carbocycles. The Morgan fingerprint density at radius 1 is 0.489 bits per heavy atom. The molecule has 8 aromatic rings. The van der Waals surface area contributed by atoms with Crippen molar-refractivity contribution in [3.63, 3.8) is 0 Å². The number of benzene rings is 7. The third kappa shape index (κ3) is 3.96. The van der Waals surface area contributed by atoms with Crippen molar-refractivity contribution in [2.75, 3.05) is 4.90 Å². The summed E-state index contributed by atoms with van der Waals surface area (Å²) in [6, 6.07) is 54.7. The maximum absolute atomic E-state index is 6.61. The van der Waals surface area contributed by atoms with Crippen molar-refractivity contribution in [1.82, 2.24) is 0 Å². The molecule has 214 valence electrons. The second-order valence-electron chi connectivity index (χ2n) is 12.6. The molecular weight excluding hydrogens is 546 g/mol. The molecular formula is C43H31NO. The average molecular weight is 578 g/mol. The molecule has 1 heterocycles. The summed E-state index contributed by atoms with van der Waals surface area (Å²) in [6.07, 6.45) is 0. The van der Waals surface area contributed by atoms with E-state index in [0.29, 0.717) is 0 Å². The fourth-order valence-corrected chi connectivity index (χ4v) is 7.36. The van der Waals surface area contributed by atoms with Gasteiger partial charge in [0.1, 0.15) is 5.58 Å². The van der Waals surface area contributed by atoms with Crippen LogP contribution in [0.4, 0.5) is 17.1 Å². The first-order valence-electron chi connectivity index (χ1n) is 15.6. The van der Waals surface area contributed by atoms with Crippen molar-refractivity contribution in [3.8, 4) is 22.3 Å². The first-order valence-corrected chi connectivity index (χ1v) is 15.6. The molecule has 0 amide bonds.